The third kappa shape index (κ3) is 5.76. The Balaban J connectivity index is 0.00000264. The van der Waals surface area contributed by atoms with Crippen LogP contribution in [-0.2, 0) is 16.0 Å². The molecule has 1 saturated heterocycles. The third-order valence-corrected chi connectivity index (χ3v) is 4.71. The Morgan fingerprint density at radius 1 is 1.39 bits per heavy atom. The molecule has 0 saturated carbocycles. The molecule has 3 N–H and O–H groups in total. The van der Waals surface area contributed by atoms with Gasteiger partial charge in [0, 0.05) is 16.2 Å². The van der Waals surface area contributed by atoms with Crippen molar-refractivity contribution in [1.82, 2.24) is 10.2 Å². The van der Waals surface area contributed by atoms with Crippen LogP contribution in [0.5, 0.6) is 0 Å². The predicted octanol–water partition coefficient (Wildman–Crippen LogP) is 1.92. The SMILES string of the molecule is C.CC1CCCN1C(=O)CNC(=O)C(N)Cc1ccc(I)cc1. The maximum Gasteiger partial charge on any atom is 0.242 e. The van der Waals surface area contributed by atoms with Crippen LogP contribution in [0.25, 0.3) is 0 Å². The number of carbonyl (C=O) groups excluding carboxylic acids is 2. The van der Waals surface area contributed by atoms with Gasteiger partial charge in [-0.15, -0.1) is 0 Å². The van der Waals surface area contributed by atoms with Crippen LogP contribution in [0.1, 0.15) is 32.8 Å². The Labute approximate surface area is 152 Å². The number of hydrogen-bond donors (Lipinski definition) is 2. The largest absolute Gasteiger partial charge is 0.346 e. The normalized spacial score (nSPS) is 18.2. The van der Waals surface area contributed by atoms with Gasteiger partial charge < -0.3 is 16.0 Å². The fraction of sp³-hybridized carbons (Fsp3) is 0.529. The van der Waals surface area contributed by atoms with Gasteiger partial charge in [-0.1, -0.05) is 19.6 Å². The molecule has 2 atom stereocenters. The van der Waals surface area contributed by atoms with Crippen LogP contribution in [0, 0.1) is 3.57 Å². The van der Waals surface area contributed by atoms with E-state index in [1.165, 1.54) is 0 Å². The minimum atomic E-state index is -0.635. The molecule has 1 aliphatic rings. The van der Waals surface area contributed by atoms with Gasteiger partial charge in [0.25, 0.3) is 0 Å². The first-order valence-corrected chi connectivity index (χ1v) is 8.62. The van der Waals surface area contributed by atoms with Gasteiger partial charge in [-0.05, 0) is 66.5 Å². The van der Waals surface area contributed by atoms with Gasteiger partial charge in [-0.25, -0.2) is 0 Å². The minimum Gasteiger partial charge on any atom is -0.346 e. The Morgan fingerprint density at radius 2 is 2.04 bits per heavy atom. The van der Waals surface area contributed by atoms with Crippen molar-refractivity contribution in [3.05, 3.63) is 33.4 Å². The first kappa shape index (κ1) is 19.9. The molecule has 128 valence electrons. The summed E-state index contributed by atoms with van der Waals surface area (Å²) in [5, 5.41) is 2.65. The molecule has 1 aromatic rings. The highest BCUT2D eigenvalue weighted by Crippen LogP contribution is 2.15. The van der Waals surface area contributed by atoms with E-state index >= 15 is 0 Å². The van der Waals surface area contributed by atoms with Gasteiger partial charge in [0.2, 0.25) is 11.8 Å². The van der Waals surface area contributed by atoms with Crippen LogP contribution < -0.4 is 11.1 Å². The van der Waals surface area contributed by atoms with Crippen molar-refractivity contribution >= 4 is 34.4 Å². The molecule has 6 heteroatoms. The van der Waals surface area contributed by atoms with E-state index in [0.29, 0.717) is 6.42 Å². The molecule has 0 spiro atoms. The summed E-state index contributed by atoms with van der Waals surface area (Å²) >= 11 is 2.23. The molecule has 2 rings (SSSR count). The molecule has 1 aromatic carbocycles. The van der Waals surface area contributed by atoms with Gasteiger partial charge in [-0.3, -0.25) is 9.59 Å². The molecule has 0 bridgehead atoms. The molecule has 2 unspecified atom stereocenters. The molecule has 23 heavy (non-hydrogen) atoms. The van der Waals surface area contributed by atoms with Gasteiger partial charge in [0.15, 0.2) is 0 Å². The zero-order chi connectivity index (χ0) is 16.1. The van der Waals surface area contributed by atoms with E-state index in [9.17, 15) is 9.59 Å². The molecule has 0 aromatic heterocycles. The molecule has 1 aliphatic heterocycles. The lowest BCUT2D eigenvalue weighted by Gasteiger charge is -2.22. The van der Waals surface area contributed by atoms with Crippen molar-refractivity contribution in [3.63, 3.8) is 0 Å². The van der Waals surface area contributed by atoms with Crippen molar-refractivity contribution in [2.24, 2.45) is 5.73 Å². The molecule has 2 amide bonds. The van der Waals surface area contributed by atoms with Gasteiger partial charge in [0.05, 0.1) is 12.6 Å². The monoisotopic (exact) mass is 431 g/mol. The van der Waals surface area contributed by atoms with E-state index in [2.05, 4.69) is 27.9 Å². The predicted molar refractivity (Wildman–Crippen MR) is 101 cm³/mol. The van der Waals surface area contributed by atoms with E-state index < -0.39 is 6.04 Å². The summed E-state index contributed by atoms with van der Waals surface area (Å²) in [4.78, 5) is 25.9. The zero-order valence-corrected chi connectivity index (χ0v) is 14.9. The minimum absolute atomic E-state index is 0. The number of carbonyl (C=O) groups is 2. The van der Waals surface area contributed by atoms with Gasteiger partial charge in [0.1, 0.15) is 0 Å². The van der Waals surface area contributed by atoms with Crippen LogP contribution in [0.15, 0.2) is 24.3 Å². The van der Waals surface area contributed by atoms with Crippen LogP contribution in [0.3, 0.4) is 0 Å². The zero-order valence-electron chi connectivity index (χ0n) is 12.7. The number of likely N-dealkylation sites (tertiary alicyclic amines) is 1. The molecule has 0 radical (unpaired) electrons. The average molecular weight is 431 g/mol. The molecular weight excluding hydrogens is 405 g/mol. The molecular formula is C17H26IN3O2. The summed E-state index contributed by atoms with van der Waals surface area (Å²) < 4.78 is 1.14. The fourth-order valence-corrected chi connectivity index (χ4v) is 3.03. The van der Waals surface area contributed by atoms with Crippen molar-refractivity contribution in [1.29, 1.82) is 0 Å². The summed E-state index contributed by atoms with van der Waals surface area (Å²) in [6.07, 6.45) is 2.54. The molecule has 0 aliphatic carbocycles. The number of nitrogens with two attached hydrogens (primary N) is 1. The maximum absolute atomic E-state index is 12.0. The number of amides is 2. The lowest BCUT2D eigenvalue weighted by Crippen LogP contribution is -2.47. The standard InChI is InChI=1S/C16H22IN3O2.CH4/c1-11-3-2-8-20(11)15(21)10-19-16(22)14(18)9-12-4-6-13(17)7-5-12;/h4-7,11,14H,2-3,8-10,18H2,1H3,(H,19,22);1H4. The van der Waals surface area contributed by atoms with Crippen molar-refractivity contribution in [2.45, 2.75) is 45.7 Å². The van der Waals surface area contributed by atoms with E-state index in [4.69, 9.17) is 5.73 Å². The highest BCUT2D eigenvalue weighted by Gasteiger charge is 2.25. The second-order valence-electron chi connectivity index (χ2n) is 5.73. The highest BCUT2D eigenvalue weighted by atomic mass is 127. The molecule has 1 heterocycles. The number of nitrogens with zero attached hydrogens (tertiary/aromatic N) is 1. The first-order chi connectivity index (χ1) is 10.5. The van der Waals surface area contributed by atoms with E-state index in [0.717, 1.165) is 28.5 Å². The van der Waals surface area contributed by atoms with Crippen molar-refractivity contribution < 1.29 is 9.59 Å². The second kappa shape index (κ2) is 9.22. The lowest BCUT2D eigenvalue weighted by atomic mass is 10.1. The topological polar surface area (TPSA) is 75.4 Å². The van der Waals surface area contributed by atoms with Crippen LogP contribution in [0.4, 0.5) is 0 Å². The first-order valence-electron chi connectivity index (χ1n) is 7.54. The molecule has 5 nitrogen and oxygen atoms in total. The summed E-state index contributed by atoms with van der Waals surface area (Å²) in [6.45, 7) is 2.85. The summed E-state index contributed by atoms with van der Waals surface area (Å²) in [7, 11) is 0. The van der Waals surface area contributed by atoms with Gasteiger partial charge in [-0.2, -0.15) is 0 Å². The van der Waals surface area contributed by atoms with Gasteiger partial charge >= 0.3 is 0 Å². The Bertz CT molecular complexity index is 533. The number of nitrogens with one attached hydrogen (secondary N) is 1. The number of hydrogen-bond acceptors (Lipinski definition) is 3. The van der Waals surface area contributed by atoms with E-state index in [-0.39, 0.29) is 31.8 Å². The number of rotatable bonds is 5. The Kier molecular flexibility index (Phi) is 7.98. The summed E-state index contributed by atoms with van der Waals surface area (Å²) in [5.41, 5.74) is 6.93. The smallest absolute Gasteiger partial charge is 0.242 e. The van der Waals surface area contributed by atoms with E-state index in [1.54, 1.807) is 0 Å². The third-order valence-electron chi connectivity index (χ3n) is 3.99. The van der Waals surface area contributed by atoms with Crippen molar-refractivity contribution in [3.8, 4) is 0 Å². The van der Waals surface area contributed by atoms with E-state index in [1.807, 2.05) is 36.1 Å². The number of halogens is 1. The fourth-order valence-electron chi connectivity index (χ4n) is 2.67. The lowest BCUT2D eigenvalue weighted by molar-refractivity contribution is -0.133. The van der Waals surface area contributed by atoms with Crippen LogP contribution in [0.2, 0.25) is 0 Å². The Morgan fingerprint density at radius 3 is 2.61 bits per heavy atom. The second-order valence-corrected chi connectivity index (χ2v) is 6.98. The van der Waals surface area contributed by atoms with Crippen LogP contribution >= 0.6 is 22.6 Å². The highest BCUT2D eigenvalue weighted by molar-refractivity contribution is 14.1. The average Bonchev–Trinajstić information content (AvgIpc) is 2.93. The number of benzene rings is 1. The van der Waals surface area contributed by atoms with Crippen molar-refractivity contribution in [2.75, 3.05) is 13.1 Å². The summed E-state index contributed by atoms with van der Waals surface area (Å²) in [6, 6.07) is 7.53. The van der Waals surface area contributed by atoms with Crippen LogP contribution in [-0.4, -0.2) is 41.9 Å². The summed E-state index contributed by atoms with van der Waals surface area (Å²) in [5.74, 6) is -0.307. The molecule has 1 fully saturated rings. The maximum atomic E-state index is 12.0. The Hall–Kier alpha value is -1.15. The quantitative estimate of drug-likeness (QED) is 0.700.